The summed E-state index contributed by atoms with van der Waals surface area (Å²) in [6, 6.07) is 22.3. The van der Waals surface area contributed by atoms with E-state index < -0.39 is 49.0 Å². The van der Waals surface area contributed by atoms with Gasteiger partial charge in [-0.1, -0.05) is 62.4 Å². The van der Waals surface area contributed by atoms with Crippen molar-refractivity contribution in [1.29, 1.82) is 0 Å². The predicted molar refractivity (Wildman–Crippen MR) is 219 cm³/mol. The molecular weight excluding hydrogens is 759 g/mol. The number of amides is 3. The Bertz CT molecular complexity index is 2510. The highest BCUT2D eigenvalue weighted by Gasteiger charge is 2.44. The first-order valence-electron chi connectivity index (χ1n) is 19.5. The number of ether oxygens (including phenoxy) is 1. The number of fused-ring (bicyclic) bond motifs is 2. The first-order valence-corrected chi connectivity index (χ1v) is 21.1. The van der Waals surface area contributed by atoms with Crippen LogP contribution < -0.4 is 16.0 Å². The number of aromatic nitrogens is 1. The second-order valence-corrected chi connectivity index (χ2v) is 17.3. The van der Waals surface area contributed by atoms with Crippen LogP contribution in [-0.2, 0) is 43.1 Å². The number of Topliss-reactive ketones (excluding diaryl/α,β-unsaturated/α-hetero) is 1. The van der Waals surface area contributed by atoms with Crippen molar-refractivity contribution in [3.8, 4) is 0 Å². The van der Waals surface area contributed by atoms with Crippen LogP contribution in [-0.4, -0.2) is 62.0 Å². The number of carbonyl (C=O) groups excluding carboxylic acids is 5. The quantitative estimate of drug-likeness (QED) is 0.0601. The minimum absolute atomic E-state index is 0.0174. The zero-order chi connectivity index (χ0) is 41.5. The molecule has 3 heterocycles. The van der Waals surface area contributed by atoms with Crippen LogP contribution >= 0.6 is 7.60 Å². The van der Waals surface area contributed by atoms with Crippen LogP contribution in [0.2, 0.25) is 0 Å². The number of hydrogen-bond donors (Lipinski definition) is 5. The Hall–Kier alpha value is -5.46. The molecule has 0 aliphatic carbocycles. The lowest BCUT2D eigenvalue weighted by Gasteiger charge is -2.31. The second kappa shape index (κ2) is 16.4. The maximum atomic E-state index is 14.5. The zero-order valence-electron chi connectivity index (χ0n) is 32.6. The molecule has 2 aliphatic rings. The van der Waals surface area contributed by atoms with Gasteiger partial charge < -0.3 is 30.6 Å². The van der Waals surface area contributed by atoms with Crippen molar-refractivity contribution in [2.24, 2.45) is 11.7 Å². The number of nitrogens with two attached hydrogens (primary N) is 1. The van der Waals surface area contributed by atoms with Crippen LogP contribution in [0.25, 0.3) is 21.7 Å². The van der Waals surface area contributed by atoms with Gasteiger partial charge in [-0.15, -0.1) is 0 Å². The number of H-pyrrole nitrogens is 1. The summed E-state index contributed by atoms with van der Waals surface area (Å²) in [6.45, 7) is 6.41. The number of benzene rings is 4. The average Bonchev–Trinajstić information content (AvgIpc) is 3.77. The van der Waals surface area contributed by atoms with Gasteiger partial charge in [0.15, 0.2) is 5.78 Å². The van der Waals surface area contributed by atoms with E-state index in [9.17, 15) is 38.3 Å². The van der Waals surface area contributed by atoms with E-state index in [0.29, 0.717) is 35.3 Å². The summed E-state index contributed by atoms with van der Waals surface area (Å²) in [7, 11) is -5.00. The molecular formula is C44H47N4O9P. The molecule has 0 spiro atoms. The van der Waals surface area contributed by atoms with Gasteiger partial charge in [0.2, 0.25) is 17.7 Å². The third-order valence-corrected chi connectivity index (χ3v) is 12.2. The zero-order valence-corrected chi connectivity index (χ0v) is 33.5. The van der Waals surface area contributed by atoms with Crippen LogP contribution in [0, 0.1) is 5.92 Å². The van der Waals surface area contributed by atoms with Gasteiger partial charge in [-0.05, 0) is 95.5 Å². The number of ketones is 1. The van der Waals surface area contributed by atoms with E-state index in [1.54, 1.807) is 0 Å². The summed E-state index contributed by atoms with van der Waals surface area (Å²) in [5, 5.41) is 5.73. The number of nitrogens with one attached hydrogen (secondary N) is 2. The average molecular weight is 807 g/mol. The number of hydrogen-bond acceptors (Lipinski definition) is 7. The summed E-state index contributed by atoms with van der Waals surface area (Å²) in [6.07, 6.45) is 0.717. The second-order valence-electron chi connectivity index (χ2n) is 15.8. The summed E-state index contributed by atoms with van der Waals surface area (Å²) >= 11 is 0. The Labute approximate surface area is 335 Å². The molecule has 302 valence electrons. The van der Waals surface area contributed by atoms with Crippen LogP contribution in [0.5, 0.6) is 0 Å². The number of para-hydroxylation sites is 1. The van der Waals surface area contributed by atoms with E-state index in [1.807, 2.05) is 31.2 Å². The molecule has 0 bridgehead atoms. The number of aromatic amines is 1. The molecule has 13 nitrogen and oxygen atoms in total. The van der Waals surface area contributed by atoms with E-state index in [4.69, 9.17) is 10.5 Å². The topological polar surface area (TPSA) is 209 Å². The van der Waals surface area contributed by atoms with Crippen LogP contribution in [0.4, 0.5) is 5.69 Å². The van der Waals surface area contributed by atoms with Gasteiger partial charge in [-0.2, -0.15) is 0 Å². The van der Waals surface area contributed by atoms with Crippen molar-refractivity contribution in [2.45, 2.75) is 90.0 Å². The summed E-state index contributed by atoms with van der Waals surface area (Å²) in [4.78, 5) is 89.8. The highest BCUT2D eigenvalue weighted by Crippen LogP contribution is 2.42. The van der Waals surface area contributed by atoms with E-state index in [0.717, 1.165) is 27.5 Å². The molecule has 0 fully saturated rings. The van der Waals surface area contributed by atoms with E-state index >= 15 is 0 Å². The number of primary amides is 1. The van der Waals surface area contributed by atoms with Crippen molar-refractivity contribution in [3.05, 3.63) is 112 Å². The molecule has 14 heteroatoms. The summed E-state index contributed by atoms with van der Waals surface area (Å²) in [5.74, 6) is -2.01. The fraction of sp³-hybridized carbons (Fsp3) is 0.341. The number of rotatable bonds is 15. The molecule has 6 N–H and O–H groups in total. The first-order chi connectivity index (χ1) is 27.6. The van der Waals surface area contributed by atoms with E-state index in [-0.39, 0.29) is 55.2 Å². The molecule has 0 radical (unpaired) electrons. The summed E-state index contributed by atoms with van der Waals surface area (Å²) in [5.41, 5.74) is 9.33. The lowest BCUT2D eigenvalue weighted by atomic mass is 9.93. The van der Waals surface area contributed by atoms with Gasteiger partial charge in [0, 0.05) is 41.6 Å². The lowest BCUT2D eigenvalue weighted by molar-refractivity contribution is -0.129. The van der Waals surface area contributed by atoms with Gasteiger partial charge in [-0.25, -0.2) is 0 Å². The minimum atomic E-state index is -5.00. The van der Waals surface area contributed by atoms with Crippen molar-refractivity contribution < 1.29 is 43.1 Å². The predicted octanol–water partition coefficient (Wildman–Crippen LogP) is 6.21. The fourth-order valence-electron chi connectivity index (χ4n) is 8.11. The van der Waals surface area contributed by atoms with Gasteiger partial charge in [-0.3, -0.25) is 33.4 Å². The Kier molecular flexibility index (Phi) is 11.5. The number of nitrogens with zero attached hydrogens (tertiary/aromatic N) is 1. The third-order valence-electron chi connectivity index (χ3n) is 11.4. The molecule has 7 rings (SSSR count). The molecule has 0 saturated carbocycles. The van der Waals surface area contributed by atoms with E-state index in [1.165, 1.54) is 34.7 Å². The van der Waals surface area contributed by atoms with Crippen molar-refractivity contribution >= 4 is 64.0 Å². The van der Waals surface area contributed by atoms with Gasteiger partial charge in [0.25, 0.3) is 5.52 Å². The largest absolute Gasteiger partial charge is 0.396 e. The monoisotopic (exact) mass is 806 g/mol. The Morgan fingerprint density at radius 2 is 1.71 bits per heavy atom. The van der Waals surface area contributed by atoms with Crippen molar-refractivity contribution in [2.75, 3.05) is 4.90 Å². The third kappa shape index (κ3) is 8.54. The maximum Gasteiger partial charge on any atom is 0.396 e. The normalized spacial score (nSPS) is 17.6. The molecule has 0 saturated heterocycles. The molecule has 0 unspecified atom stereocenters. The molecule has 5 aromatic rings. The van der Waals surface area contributed by atoms with Crippen molar-refractivity contribution in [1.82, 2.24) is 10.3 Å². The SMILES string of the molecule is CC(C)c1ccc2ccc(CO[C@H](C)[C@H](CCC(N)=O)NC(=O)[C@@H]3Cc4cccc5c4N3C(=O)[C@@H](CC(=O)c3cc4cc(C(=O)P(=O)(O)O)ccc4[nH]3)CC5)cc2c1. The molecule has 2 aliphatic heterocycles. The number of carbonyl (C=O) groups is 5. The molecule has 1 aromatic heterocycles. The number of aryl methyl sites for hydroxylation is 1. The highest BCUT2D eigenvalue weighted by molar-refractivity contribution is 7.70. The maximum absolute atomic E-state index is 14.5. The Morgan fingerprint density at radius 3 is 2.45 bits per heavy atom. The van der Waals surface area contributed by atoms with Gasteiger partial charge in [0.1, 0.15) is 6.04 Å². The van der Waals surface area contributed by atoms with Crippen LogP contribution in [0.1, 0.15) is 95.5 Å². The first kappa shape index (κ1) is 40.7. The Morgan fingerprint density at radius 1 is 0.948 bits per heavy atom. The summed E-state index contributed by atoms with van der Waals surface area (Å²) < 4.78 is 17.8. The molecule has 4 atom stereocenters. The fourth-order valence-corrected chi connectivity index (χ4v) is 8.59. The lowest BCUT2D eigenvalue weighted by Crippen LogP contribution is -2.54. The van der Waals surface area contributed by atoms with Crippen LogP contribution in [0.15, 0.2) is 78.9 Å². The van der Waals surface area contributed by atoms with Gasteiger partial charge in [0.05, 0.1) is 30.1 Å². The molecule has 4 aromatic carbocycles. The van der Waals surface area contributed by atoms with Crippen LogP contribution in [0.3, 0.4) is 0 Å². The van der Waals surface area contributed by atoms with E-state index in [2.05, 4.69) is 54.5 Å². The Balaban J connectivity index is 1.08. The standard InChI is InChI=1S/C44H47N4O9P/c1-24(2)29-11-9-27-8-7-26(17-33(27)18-29)23-57-25(3)35(15-16-40(45)50)47-42(51)38-21-30-6-4-5-28-10-12-31(43(52)48(38)41(28)30)22-39(49)37-20-34-19-32(13-14-36(34)46-37)44(53)58(54,55)56/h4-9,11,13-14,17-20,24-25,31,35,38,46H,10,12,15-16,21-23H2,1-3H3,(H2,45,50)(H,47,51)(H2,54,55,56)/t25-,31-,35+,38+/m1/s1. The highest BCUT2D eigenvalue weighted by atomic mass is 31.2. The minimum Gasteiger partial charge on any atom is -0.372 e. The molecule has 3 amide bonds. The number of anilines is 1. The molecule has 58 heavy (non-hydrogen) atoms. The van der Waals surface area contributed by atoms with Gasteiger partial charge >= 0.3 is 7.60 Å². The smallest absolute Gasteiger partial charge is 0.372 e. The van der Waals surface area contributed by atoms with Crippen molar-refractivity contribution in [3.63, 3.8) is 0 Å².